The molecule has 0 saturated heterocycles. The lowest BCUT2D eigenvalue weighted by atomic mass is 10.1. The summed E-state index contributed by atoms with van der Waals surface area (Å²) < 4.78 is 2.06. The van der Waals surface area contributed by atoms with Crippen molar-refractivity contribution in [3.05, 3.63) is 79.1 Å². The molecule has 1 atom stereocenters. The number of pyridine rings is 2. The Kier molecular flexibility index (Phi) is 3.61. The highest BCUT2D eigenvalue weighted by molar-refractivity contribution is 5.82. The van der Waals surface area contributed by atoms with E-state index < -0.39 is 0 Å². The molecular weight excluding hydrogens is 374 g/mol. The van der Waals surface area contributed by atoms with Gasteiger partial charge in [0.15, 0.2) is 11.3 Å². The van der Waals surface area contributed by atoms with Crippen LogP contribution in [0.2, 0.25) is 0 Å². The fraction of sp³-hybridized carbons (Fsp3) is 0.0870. The van der Waals surface area contributed by atoms with Gasteiger partial charge in [0.25, 0.3) is 0 Å². The summed E-state index contributed by atoms with van der Waals surface area (Å²) in [6.07, 6.45) is 9.06. The lowest BCUT2D eigenvalue weighted by Gasteiger charge is -2.15. The average Bonchev–Trinajstić information content (AvgIpc) is 3.44. The molecule has 6 rings (SSSR count). The third-order valence-corrected chi connectivity index (χ3v) is 5.51. The Morgan fingerprint density at radius 3 is 2.87 bits per heavy atom. The molecule has 1 N–H and O–H groups in total. The van der Waals surface area contributed by atoms with Gasteiger partial charge in [0.05, 0.1) is 29.8 Å². The van der Waals surface area contributed by atoms with Gasteiger partial charge >= 0.3 is 0 Å². The number of aromatic amines is 1. The summed E-state index contributed by atoms with van der Waals surface area (Å²) in [5.74, 6) is 0. The summed E-state index contributed by atoms with van der Waals surface area (Å²) in [6.45, 7) is 2.14. The van der Waals surface area contributed by atoms with Crippen LogP contribution in [-0.2, 0) is 0 Å². The summed E-state index contributed by atoms with van der Waals surface area (Å²) in [6, 6.07) is 14.5. The molecule has 0 spiro atoms. The first-order chi connectivity index (χ1) is 14.8. The molecule has 0 aliphatic carbocycles. The van der Waals surface area contributed by atoms with Crippen LogP contribution in [-0.4, -0.2) is 34.5 Å². The Labute approximate surface area is 171 Å². The number of H-pyrrole nitrogens is 1. The molecular formula is C23H17N7. The van der Waals surface area contributed by atoms with Crippen molar-refractivity contribution in [2.24, 2.45) is 0 Å². The van der Waals surface area contributed by atoms with Crippen LogP contribution in [0.5, 0.6) is 0 Å². The highest BCUT2D eigenvalue weighted by Gasteiger charge is 2.15. The zero-order valence-corrected chi connectivity index (χ0v) is 16.2. The molecule has 30 heavy (non-hydrogen) atoms. The Bertz CT molecular complexity index is 1530. The van der Waals surface area contributed by atoms with E-state index in [2.05, 4.69) is 66.7 Å². The molecule has 0 radical (unpaired) electrons. The minimum atomic E-state index is 0.0504. The van der Waals surface area contributed by atoms with Crippen molar-refractivity contribution in [1.29, 1.82) is 0 Å². The molecule has 0 amide bonds. The quantitative estimate of drug-likeness (QED) is 0.479. The summed E-state index contributed by atoms with van der Waals surface area (Å²) in [4.78, 5) is 25.9. The molecule has 0 bridgehead atoms. The van der Waals surface area contributed by atoms with Crippen LogP contribution < -0.4 is 0 Å². The highest BCUT2D eigenvalue weighted by atomic mass is 15.1. The predicted octanol–water partition coefficient (Wildman–Crippen LogP) is 4.53. The molecule has 7 heteroatoms. The number of rotatable bonds is 3. The molecule has 1 unspecified atom stereocenters. The van der Waals surface area contributed by atoms with E-state index in [4.69, 9.17) is 4.98 Å². The normalized spacial score (nSPS) is 12.7. The standard InChI is InChI=1S/C23H17N7/c1-14(15-4-5-19-16(9-15)3-2-7-24-19)30-13-28-22-23(30)29-20(12-27-22)18-10-17-6-8-25-21(17)26-11-18/h2-14H,1H3,(H,25,26). The molecule has 5 heterocycles. The molecule has 0 aliphatic heterocycles. The second-order valence-corrected chi connectivity index (χ2v) is 7.33. The number of hydrogen-bond acceptors (Lipinski definition) is 5. The predicted molar refractivity (Wildman–Crippen MR) is 116 cm³/mol. The van der Waals surface area contributed by atoms with Crippen LogP contribution >= 0.6 is 0 Å². The zero-order valence-electron chi connectivity index (χ0n) is 16.2. The third kappa shape index (κ3) is 2.63. The van der Waals surface area contributed by atoms with Gasteiger partial charge in [-0.1, -0.05) is 12.1 Å². The zero-order chi connectivity index (χ0) is 20.1. The second kappa shape index (κ2) is 6.45. The summed E-state index contributed by atoms with van der Waals surface area (Å²) in [5, 5.41) is 2.16. The minimum Gasteiger partial charge on any atom is -0.346 e. The maximum atomic E-state index is 4.88. The van der Waals surface area contributed by atoms with E-state index in [1.165, 1.54) is 0 Å². The number of aromatic nitrogens is 7. The van der Waals surface area contributed by atoms with Gasteiger partial charge in [-0.25, -0.2) is 19.9 Å². The molecule has 0 fully saturated rings. The highest BCUT2D eigenvalue weighted by Crippen LogP contribution is 2.26. The number of imidazole rings is 1. The van der Waals surface area contributed by atoms with E-state index in [0.29, 0.717) is 5.65 Å². The smallest absolute Gasteiger partial charge is 0.197 e. The van der Waals surface area contributed by atoms with Crippen LogP contribution in [0.15, 0.2) is 73.6 Å². The van der Waals surface area contributed by atoms with Crippen LogP contribution in [0, 0.1) is 0 Å². The van der Waals surface area contributed by atoms with Gasteiger partial charge < -0.3 is 9.55 Å². The fourth-order valence-electron chi connectivity index (χ4n) is 3.83. The average molecular weight is 391 g/mol. The number of nitrogens with one attached hydrogen (secondary N) is 1. The van der Waals surface area contributed by atoms with Crippen molar-refractivity contribution in [2.75, 3.05) is 0 Å². The maximum absolute atomic E-state index is 4.88. The number of hydrogen-bond donors (Lipinski definition) is 1. The fourth-order valence-corrected chi connectivity index (χ4v) is 3.83. The van der Waals surface area contributed by atoms with Crippen LogP contribution in [0.3, 0.4) is 0 Å². The molecule has 5 aromatic heterocycles. The lowest BCUT2D eigenvalue weighted by molar-refractivity contribution is 0.653. The van der Waals surface area contributed by atoms with Crippen molar-refractivity contribution >= 4 is 33.2 Å². The van der Waals surface area contributed by atoms with E-state index in [1.54, 1.807) is 12.5 Å². The van der Waals surface area contributed by atoms with Crippen LogP contribution in [0.25, 0.3) is 44.5 Å². The first kappa shape index (κ1) is 16.8. The molecule has 144 valence electrons. The SMILES string of the molecule is CC(c1ccc2ncccc2c1)n1cnc2ncc(-c3cnc4[nH]ccc4c3)nc21. The van der Waals surface area contributed by atoms with Crippen LogP contribution in [0.1, 0.15) is 18.5 Å². The number of benzene rings is 1. The van der Waals surface area contributed by atoms with Crippen molar-refractivity contribution < 1.29 is 0 Å². The van der Waals surface area contributed by atoms with Gasteiger partial charge in [0.2, 0.25) is 0 Å². The van der Waals surface area contributed by atoms with E-state index in [1.807, 2.05) is 30.7 Å². The maximum Gasteiger partial charge on any atom is 0.197 e. The summed E-state index contributed by atoms with van der Waals surface area (Å²) in [5.41, 5.74) is 6.08. The Morgan fingerprint density at radius 2 is 1.90 bits per heavy atom. The van der Waals surface area contributed by atoms with Crippen molar-refractivity contribution in [2.45, 2.75) is 13.0 Å². The lowest BCUT2D eigenvalue weighted by Crippen LogP contribution is -2.07. The van der Waals surface area contributed by atoms with Gasteiger partial charge in [0, 0.05) is 34.9 Å². The monoisotopic (exact) mass is 391 g/mol. The first-order valence-electron chi connectivity index (χ1n) is 9.74. The molecule has 6 aromatic rings. The van der Waals surface area contributed by atoms with Gasteiger partial charge in [-0.3, -0.25) is 4.98 Å². The van der Waals surface area contributed by atoms with Gasteiger partial charge in [-0.15, -0.1) is 0 Å². The van der Waals surface area contributed by atoms with Crippen molar-refractivity contribution in [3.63, 3.8) is 0 Å². The number of fused-ring (bicyclic) bond motifs is 3. The second-order valence-electron chi connectivity index (χ2n) is 7.33. The number of nitrogens with zero attached hydrogens (tertiary/aromatic N) is 6. The first-order valence-corrected chi connectivity index (χ1v) is 9.74. The van der Waals surface area contributed by atoms with Gasteiger partial charge in [-0.05, 0) is 42.8 Å². The van der Waals surface area contributed by atoms with E-state index in [-0.39, 0.29) is 6.04 Å². The summed E-state index contributed by atoms with van der Waals surface area (Å²) >= 11 is 0. The minimum absolute atomic E-state index is 0.0504. The van der Waals surface area contributed by atoms with E-state index >= 15 is 0 Å². The third-order valence-electron chi connectivity index (χ3n) is 5.51. The largest absolute Gasteiger partial charge is 0.346 e. The Hall–Kier alpha value is -4.13. The van der Waals surface area contributed by atoms with Gasteiger partial charge in [0.1, 0.15) is 5.65 Å². The topological polar surface area (TPSA) is 85.2 Å². The van der Waals surface area contributed by atoms with Crippen molar-refractivity contribution in [1.82, 2.24) is 34.5 Å². The molecule has 1 aromatic carbocycles. The molecule has 0 saturated carbocycles. The van der Waals surface area contributed by atoms with Crippen molar-refractivity contribution in [3.8, 4) is 11.3 Å². The van der Waals surface area contributed by atoms with Gasteiger partial charge in [-0.2, -0.15) is 0 Å². The summed E-state index contributed by atoms with van der Waals surface area (Å²) in [7, 11) is 0. The van der Waals surface area contributed by atoms with E-state index in [9.17, 15) is 0 Å². The Balaban J connectivity index is 1.45. The van der Waals surface area contributed by atoms with Crippen LogP contribution in [0.4, 0.5) is 0 Å². The van der Waals surface area contributed by atoms with E-state index in [0.717, 1.165) is 44.4 Å². The molecule has 0 aliphatic rings. The molecule has 7 nitrogen and oxygen atoms in total. The Morgan fingerprint density at radius 1 is 0.933 bits per heavy atom.